The molecule has 0 bridgehead atoms. The molecule has 0 heterocycles. The molecule has 0 aliphatic carbocycles. The summed E-state index contributed by atoms with van der Waals surface area (Å²) in [5.41, 5.74) is 2.04. The second-order valence-electron chi connectivity index (χ2n) is 5.60. The van der Waals surface area contributed by atoms with Gasteiger partial charge in [-0.2, -0.15) is 0 Å². The third-order valence-corrected chi connectivity index (χ3v) is 3.36. The molecule has 0 saturated heterocycles. The molecule has 6 heteroatoms. The Morgan fingerprint density at radius 2 is 1.52 bits per heavy atom. The van der Waals surface area contributed by atoms with Gasteiger partial charge in [0, 0.05) is 6.08 Å². The third kappa shape index (κ3) is 6.79. The molecule has 1 rings (SSSR count). The summed E-state index contributed by atoms with van der Waals surface area (Å²) >= 11 is 0. The maximum atomic E-state index is 12.0. The lowest BCUT2D eigenvalue weighted by Gasteiger charge is -2.14. The lowest BCUT2D eigenvalue weighted by molar-refractivity contribution is -0.159. The van der Waals surface area contributed by atoms with Gasteiger partial charge in [0.05, 0.1) is 13.2 Å². The van der Waals surface area contributed by atoms with Gasteiger partial charge in [-0.15, -0.1) is 0 Å². The molecule has 0 aromatic heterocycles. The average molecular weight is 347 g/mol. The van der Waals surface area contributed by atoms with Crippen LogP contribution >= 0.6 is 0 Å². The van der Waals surface area contributed by atoms with Crippen LogP contribution in [0.1, 0.15) is 44.7 Å². The van der Waals surface area contributed by atoms with Crippen molar-refractivity contribution in [3.8, 4) is 0 Å². The van der Waals surface area contributed by atoms with Crippen molar-refractivity contribution in [2.24, 2.45) is 0 Å². The molecule has 6 nitrogen and oxygen atoms in total. The molecule has 1 amide bonds. The summed E-state index contributed by atoms with van der Waals surface area (Å²) in [6, 6.07) is 6.30. The Morgan fingerprint density at radius 3 is 1.96 bits per heavy atom. The second-order valence-corrected chi connectivity index (χ2v) is 5.60. The van der Waals surface area contributed by atoms with E-state index in [2.05, 4.69) is 19.2 Å². The molecule has 0 radical (unpaired) electrons. The number of hydrogen-bond acceptors (Lipinski definition) is 5. The van der Waals surface area contributed by atoms with Gasteiger partial charge in [0.1, 0.15) is 0 Å². The van der Waals surface area contributed by atoms with E-state index in [4.69, 9.17) is 9.47 Å². The molecular formula is C19H25NO5. The first-order valence-electron chi connectivity index (χ1n) is 8.30. The largest absolute Gasteiger partial charge is 0.464 e. The highest BCUT2D eigenvalue weighted by atomic mass is 16.6. The number of esters is 2. The highest BCUT2D eigenvalue weighted by Crippen LogP contribution is 2.15. The zero-order chi connectivity index (χ0) is 18.8. The SMILES string of the molecule is CCOC(=O)C(NC(=O)/C=C/c1ccc(C(C)C)cc1)C(=O)OCC. The molecule has 0 unspecified atom stereocenters. The van der Waals surface area contributed by atoms with Crippen LogP contribution in [0.25, 0.3) is 6.08 Å². The number of nitrogens with one attached hydrogen (secondary N) is 1. The van der Waals surface area contributed by atoms with Crippen molar-refractivity contribution in [3.05, 3.63) is 41.5 Å². The maximum Gasteiger partial charge on any atom is 0.340 e. The van der Waals surface area contributed by atoms with E-state index in [9.17, 15) is 14.4 Å². The van der Waals surface area contributed by atoms with Crippen LogP contribution in [-0.2, 0) is 23.9 Å². The Bertz CT molecular complexity index is 601. The molecule has 0 spiro atoms. The average Bonchev–Trinajstić information content (AvgIpc) is 2.58. The highest BCUT2D eigenvalue weighted by Gasteiger charge is 2.30. The Morgan fingerprint density at radius 1 is 1.00 bits per heavy atom. The van der Waals surface area contributed by atoms with E-state index in [1.165, 1.54) is 11.6 Å². The van der Waals surface area contributed by atoms with Gasteiger partial charge in [0.15, 0.2) is 0 Å². The van der Waals surface area contributed by atoms with Gasteiger partial charge >= 0.3 is 11.9 Å². The molecule has 1 N–H and O–H groups in total. The van der Waals surface area contributed by atoms with E-state index in [1.807, 2.05) is 24.3 Å². The number of benzene rings is 1. The van der Waals surface area contributed by atoms with Crippen molar-refractivity contribution in [2.75, 3.05) is 13.2 Å². The van der Waals surface area contributed by atoms with Crippen LogP contribution < -0.4 is 5.32 Å². The first-order valence-corrected chi connectivity index (χ1v) is 8.30. The highest BCUT2D eigenvalue weighted by molar-refractivity contribution is 6.04. The molecule has 136 valence electrons. The van der Waals surface area contributed by atoms with Gasteiger partial charge in [0.2, 0.25) is 11.9 Å². The molecule has 0 atom stereocenters. The number of carbonyl (C=O) groups excluding carboxylic acids is 3. The van der Waals surface area contributed by atoms with Crippen molar-refractivity contribution >= 4 is 23.9 Å². The number of amides is 1. The fraction of sp³-hybridized carbons (Fsp3) is 0.421. The lowest BCUT2D eigenvalue weighted by atomic mass is 10.0. The maximum absolute atomic E-state index is 12.0. The zero-order valence-corrected chi connectivity index (χ0v) is 15.1. The van der Waals surface area contributed by atoms with E-state index < -0.39 is 23.9 Å². The number of ether oxygens (including phenoxy) is 2. The van der Waals surface area contributed by atoms with E-state index in [1.54, 1.807) is 19.9 Å². The Balaban J connectivity index is 2.75. The monoisotopic (exact) mass is 347 g/mol. The van der Waals surface area contributed by atoms with Gasteiger partial charge < -0.3 is 14.8 Å². The molecule has 1 aromatic carbocycles. The minimum atomic E-state index is -1.47. The number of hydrogen-bond donors (Lipinski definition) is 1. The van der Waals surface area contributed by atoms with Crippen LogP contribution in [-0.4, -0.2) is 37.1 Å². The topological polar surface area (TPSA) is 81.7 Å². The van der Waals surface area contributed by atoms with Crippen LogP contribution in [0.3, 0.4) is 0 Å². The fourth-order valence-corrected chi connectivity index (χ4v) is 2.02. The number of rotatable bonds is 8. The quantitative estimate of drug-likeness (QED) is 0.444. The standard InChI is InChI=1S/C19H25NO5/c1-5-24-18(22)17(19(23)25-6-2)20-16(21)12-9-14-7-10-15(11-8-14)13(3)4/h7-13,17H,5-6H2,1-4H3,(H,20,21)/b12-9+. The zero-order valence-electron chi connectivity index (χ0n) is 15.1. The summed E-state index contributed by atoms with van der Waals surface area (Å²) in [4.78, 5) is 35.6. The molecule has 0 saturated carbocycles. The minimum absolute atomic E-state index is 0.0998. The van der Waals surface area contributed by atoms with Gasteiger partial charge in [-0.05, 0) is 37.0 Å². The third-order valence-electron chi connectivity index (χ3n) is 3.36. The smallest absolute Gasteiger partial charge is 0.340 e. The van der Waals surface area contributed by atoms with Crippen molar-refractivity contribution in [1.29, 1.82) is 0 Å². The van der Waals surface area contributed by atoms with E-state index >= 15 is 0 Å². The van der Waals surface area contributed by atoms with Crippen LogP contribution in [0.2, 0.25) is 0 Å². The Labute approximate surface area is 148 Å². The van der Waals surface area contributed by atoms with Crippen LogP contribution in [0.5, 0.6) is 0 Å². The van der Waals surface area contributed by atoms with Crippen LogP contribution in [0.15, 0.2) is 30.3 Å². The van der Waals surface area contributed by atoms with Crippen molar-refractivity contribution in [2.45, 2.75) is 39.7 Å². The molecule has 0 aliphatic rings. The molecular weight excluding hydrogens is 322 g/mol. The van der Waals surface area contributed by atoms with Crippen molar-refractivity contribution < 1.29 is 23.9 Å². The Hall–Kier alpha value is -2.63. The first-order chi connectivity index (χ1) is 11.9. The predicted molar refractivity (Wildman–Crippen MR) is 94.8 cm³/mol. The van der Waals surface area contributed by atoms with Crippen molar-refractivity contribution in [1.82, 2.24) is 5.32 Å². The van der Waals surface area contributed by atoms with E-state index in [-0.39, 0.29) is 13.2 Å². The molecule has 0 fully saturated rings. The van der Waals surface area contributed by atoms with Gasteiger partial charge in [0.25, 0.3) is 0 Å². The van der Waals surface area contributed by atoms with Crippen LogP contribution in [0.4, 0.5) is 0 Å². The normalized spacial score (nSPS) is 11.0. The predicted octanol–water partition coefficient (Wildman–Crippen LogP) is 2.43. The molecule has 25 heavy (non-hydrogen) atoms. The van der Waals surface area contributed by atoms with Gasteiger partial charge in [-0.3, -0.25) is 4.79 Å². The summed E-state index contributed by atoms with van der Waals surface area (Å²) in [5.74, 6) is -1.84. The van der Waals surface area contributed by atoms with Gasteiger partial charge in [-0.25, -0.2) is 9.59 Å². The van der Waals surface area contributed by atoms with E-state index in [0.29, 0.717) is 5.92 Å². The second kappa shape index (κ2) is 10.3. The molecule has 1 aromatic rings. The van der Waals surface area contributed by atoms with Gasteiger partial charge in [-0.1, -0.05) is 38.1 Å². The lowest BCUT2D eigenvalue weighted by Crippen LogP contribution is -2.47. The van der Waals surface area contributed by atoms with E-state index in [0.717, 1.165) is 5.56 Å². The summed E-state index contributed by atoms with van der Waals surface area (Å²) < 4.78 is 9.58. The molecule has 0 aliphatic heterocycles. The number of carbonyl (C=O) groups is 3. The summed E-state index contributed by atoms with van der Waals surface area (Å²) in [7, 11) is 0. The Kier molecular flexibility index (Phi) is 8.39. The fourth-order valence-electron chi connectivity index (χ4n) is 2.02. The summed E-state index contributed by atoms with van der Waals surface area (Å²) in [5, 5.41) is 2.31. The first kappa shape index (κ1) is 20.4. The minimum Gasteiger partial charge on any atom is -0.464 e. The van der Waals surface area contributed by atoms with Crippen molar-refractivity contribution in [3.63, 3.8) is 0 Å². The summed E-state index contributed by atoms with van der Waals surface area (Å²) in [6.45, 7) is 7.63. The van der Waals surface area contributed by atoms with Crippen LogP contribution in [0, 0.1) is 0 Å². The summed E-state index contributed by atoms with van der Waals surface area (Å²) in [6.07, 6.45) is 2.86.